The number of halogens is 1. The molecule has 0 unspecified atom stereocenters. The Bertz CT molecular complexity index is 1010. The summed E-state index contributed by atoms with van der Waals surface area (Å²) in [5.74, 6) is -1.78. The van der Waals surface area contributed by atoms with Crippen LogP contribution < -0.4 is 10.9 Å². The van der Waals surface area contributed by atoms with E-state index in [0.717, 1.165) is 30.2 Å². The summed E-state index contributed by atoms with van der Waals surface area (Å²) < 4.78 is 13.6. The number of aromatic nitrogens is 1. The van der Waals surface area contributed by atoms with Crippen molar-refractivity contribution in [3.8, 4) is 0 Å². The van der Waals surface area contributed by atoms with E-state index < -0.39 is 17.6 Å². The normalized spacial score (nSPS) is 13.3. The van der Waals surface area contributed by atoms with Crippen molar-refractivity contribution < 1.29 is 14.0 Å². The molecular weight excluding hydrogens is 333 g/mol. The second kappa shape index (κ2) is 6.63. The van der Waals surface area contributed by atoms with Gasteiger partial charge in [0.05, 0.1) is 5.56 Å². The van der Waals surface area contributed by atoms with Crippen molar-refractivity contribution in [2.24, 2.45) is 0 Å². The van der Waals surface area contributed by atoms with Crippen molar-refractivity contribution in [1.82, 2.24) is 15.8 Å². The molecule has 0 bridgehead atoms. The molecule has 3 aromatic rings. The third-order valence-corrected chi connectivity index (χ3v) is 4.77. The topological polar surface area (TPSA) is 74.0 Å². The molecule has 2 aromatic carbocycles. The summed E-state index contributed by atoms with van der Waals surface area (Å²) >= 11 is 0. The van der Waals surface area contributed by atoms with E-state index in [0.29, 0.717) is 5.56 Å². The van der Waals surface area contributed by atoms with E-state index in [9.17, 15) is 14.0 Å². The minimum Gasteiger partial charge on any atom is -0.358 e. The smallest absolute Gasteiger partial charge is 0.272 e. The van der Waals surface area contributed by atoms with Crippen LogP contribution in [0.3, 0.4) is 0 Å². The first kappa shape index (κ1) is 16.3. The van der Waals surface area contributed by atoms with E-state index in [2.05, 4.69) is 15.8 Å². The molecule has 0 spiro atoms. The van der Waals surface area contributed by atoms with Crippen molar-refractivity contribution in [2.75, 3.05) is 0 Å². The summed E-state index contributed by atoms with van der Waals surface area (Å²) in [5.41, 5.74) is 8.46. The Morgan fingerprint density at radius 1 is 0.962 bits per heavy atom. The van der Waals surface area contributed by atoms with Gasteiger partial charge in [-0.15, -0.1) is 0 Å². The van der Waals surface area contributed by atoms with Crippen molar-refractivity contribution in [1.29, 1.82) is 0 Å². The molecule has 0 saturated heterocycles. The molecule has 0 aliphatic heterocycles. The number of rotatable bonds is 2. The predicted molar refractivity (Wildman–Crippen MR) is 96.3 cm³/mol. The number of amides is 2. The second-order valence-electron chi connectivity index (χ2n) is 6.44. The van der Waals surface area contributed by atoms with Gasteiger partial charge in [0.1, 0.15) is 5.82 Å². The number of hydrazine groups is 1. The highest BCUT2D eigenvalue weighted by molar-refractivity contribution is 6.01. The minimum atomic E-state index is -0.698. The van der Waals surface area contributed by atoms with Crippen LogP contribution in [0.2, 0.25) is 0 Å². The highest BCUT2D eigenvalue weighted by Gasteiger charge is 2.17. The van der Waals surface area contributed by atoms with Crippen LogP contribution in [-0.2, 0) is 12.8 Å². The van der Waals surface area contributed by atoms with Gasteiger partial charge in [-0.2, -0.15) is 0 Å². The molecule has 3 N–H and O–H groups in total. The maximum atomic E-state index is 13.6. The highest BCUT2D eigenvalue weighted by atomic mass is 19.1. The lowest BCUT2D eigenvalue weighted by molar-refractivity contribution is 0.0844. The Morgan fingerprint density at radius 3 is 2.58 bits per heavy atom. The highest BCUT2D eigenvalue weighted by Crippen LogP contribution is 2.29. The number of carbonyl (C=O) groups is 2. The van der Waals surface area contributed by atoms with Crippen LogP contribution in [-0.4, -0.2) is 16.8 Å². The average molecular weight is 351 g/mol. The van der Waals surface area contributed by atoms with Crippen LogP contribution in [0.25, 0.3) is 10.9 Å². The molecule has 0 fully saturated rings. The lowest BCUT2D eigenvalue weighted by Gasteiger charge is -2.11. The fourth-order valence-corrected chi connectivity index (χ4v) is 3.45. The number of hydrogen-bond donors (Lipinski definition) is 3. The summed E-state index contributed by atoms with van der Waals surface area (Å²) in [7, 11) is 0. The molecule has 4 rings (SSSR count). The molecule has 0 radical (unpaired) electrons. The van der Waals surface area contributed by atoms with Gasteiger partial charge in [0.2, 0.25) is 0 Å². The van der Waals surface area contributed by atoms with Gasteiger partial charge in [-0.1, -0.05) is 12.1 Å². The Labute approximate surface area is 149 Å². The number of hydrogen-bond acceptors (Lipinski definition) is 2. The number of aromatic amines is 1. The quantitative estimate of drug-likeness (QED) is 0.620. The monoisotopic (exact) mass is 351 g/mol. The Hall–Kier alpha value is -3.15. The standard InChI is InChI=1S/C20H18FN3O2/c21-16-7-3-1-6-14(16)20(26)24-23-19(25)12-9-10-18-15(11-12)13-5-2-4-8-17(13)22-18/h1,3,6-7,9-11,22H,2,4-5,8H2,(H,23,25)(H,24,26). The van der Waals surface area contributed by atoms with E-state index in [4.69, 9.17) is 0 Å². The third-order valence-electron chi connectivity index (χ3n) is 4.77. The van der Waals surface area contributed by atoms with E-state index in [1.54, 1.807) is 12.1 Å². The molecule has 26 heavy (non-hydrogen) atoms. The molecule has 132 valence electrons. The van der Waals surface area contributed by atoms with Crippen LogP contribution in [0.1, 0.15) is 44.8 Å². The van der Waals surface area contributed by atoms with Crippen LogP contribution in [0, 0.1) is 5.82 Å². The number of fused-ring (bicyclic) bond motifs is 3. The van der Waals surface area contributed by atoms with Gasteiger partial charge in [0, 0.05) is 22.2 Å². The number of nitrogens with one attached hydrogen (secondary N) is 3. The summed E-state index contributed by atoms with van der Waals surface area (Å²) in [5, 5.41) is 1.05. The van der Waals surface area contributed by atoms with E-state index in [-0.39, 0.29) is 5.56 Å². The van der Waals surface area contributed by atoms with Crippen molar-refractivity contribution in [2.45, 2.75) is 25.7 Å². The zero-order valence-electron chi connectivity index (χ0n) is 14.1. The number of aryl methyl sites for hydroxylation is 2. The van der Waals surface area contributed by atoms with Crippen LogP contribution in [0.5, 0.6) is 0 Å². The molecule has 1 aliphatic carbocycles. The summed E-state index contributed by atoms with van der Waals surface area (Å²) in [6.45, 7) is 0. The molecule has 5 nitrogen and oxygen atoms in total. The fraction of sp³-hybridized carbons (Fsp3) is 0.200. The van der Waals surface area contributed by atoms with E-state index in [1.807, 2.05) is 12.1 Å². The van der Waals surface area contributed by atoms with Gasteiger partial charge < -0.3 is 4.98 Å². The number of H-pyrrole nitrogens is 1. The molecule has 1 aromatic heterocycles. The Balaban J connectivity index is 1.51. The lowest BCUT2D eigenvalue weighted by atomic mass is 9.95. The second-order valence-corrected chi connectivity index (χ2v) is 6.44. The number of benzene rings is 2. The largest absolute Gasteiger partial charge is 0.358 e. The Kier molecular flexibility index (Phi) is 4.16. The SMILES string of the molecule is O=C(NNC(=O)c1ccccc1F)c1ccc2[nH]c3c(c2c1)CCCC3. The average Bonchev–Trinajstić information content (AvgIpc) is 3.04. The van der Waals surface area contributed by atoms with Gasteiger partial charge >= 0.3 is 0 Å². The molecule has 0 atom stereocenters. The van der Waals surface area contributed by atoms with Crippen LogP contribution >= 0.6 is 0 Å². The molecular formula is C20H18FN3O2. The summed E-state index contributed by atoms with van der Waals surface area (Å²) in [6.07, 6.45) is 4.36. The van der Waals surface area contributed by atoms with Gasteiger partial charge in [0.15, 0.2) is 0 Å². The minimum absolute atomic E-state index is 0.122. The molecule has 2 amide bonds. The summed E-state index contributed by atoms with van der Waals surface area (Å²) in [6, 6.07) is 11.0. The molecule has 0 saturated carbocycles. The van der Waals surface area contributed by atoms with Gasteiger partial charge in [-0.05, 0) is 61.6 Å². The van der Waals surface area contributed by atoms with Crippen molar-refractivity contribution >= 4 is 22.7 Å². The van der Waals surface area contributed by atoms with Crippen molar-refractivity contribution in [3.05, 3.63) is 70.7 Å². The van der Waals surface area contributed by atoms with Gasteiger partial charge in [-0.3, -0.25) is 20.4 Å². The predicted octanol–water partition coefficient (Wildman–Crippen LogP) is 3.26. The maximum Gasteiger partial charge on any atom is 0.272 e. The fourth-order valence-electron chi connectivity index (χ4n) is 3.45. The maximum absolute atomic E-state index is 13.6. The van der Waals surface area contributed by atoms with Gasteiger partial charge in [-0.25, -0.2) is 4.39 Å². The van der Waals surface area contributed by atoms with Crippen LogP contribution in [0.15, 0.2) is 42.5 Å². The first-order valence-electron chi connectivity index (χ1n) is 8.62. The van der Waals surface area contributed by atoms with Crippen LogP contribution in [0.4, 0.5) is 4.39 Å². The van der Waals surface area contributed by atoms with Crippen molar-refractivity contribution in [3.63, 3.8) is 0 Å². The zero-order valence-corrected chi connectivity index (χ0v) is 14.1. The number of carbonyl (C=O) groups excluding carboxylic acids is 2. The van der Waals surface area contributed by atoms with E-state index >= 15 is 0 Å². The first-order valence-corrected chi connectivity index (χ1v) is 8.62. The Morgan fingerprint density at radius 2 is 1.73 bits per heavy atom. The van der Waals surface area contributed by atoms with E-state index in [1.165, 1.54) is 35.9 Å². The molecule has 6 heteroatoms. The first-order chi connectivity index (χ1) is 12.6. The third kappa shape index (κ3) is 2.94. The molecule has 1 aliphatic rings. The summed E-state index contributed by atoms with van der Waals surface area (Å²) in [4.78, 5) is 27.8. The molecule has 1 heterocycles. The zero-order chi connectivity index (χ0) is 18.1. The van der Waals surface area contributed by atoms with Gasteiger partial charge in [0.25, 0.3) is 11.8 Å². The lowest BCUT2D eigenvalue weighted by Crippen LogP contribution is -2.41.